The molecule has 0 unspecified atom stereocenters. The molecule has 1 fully saturated rings. The molecule has 24 heavy (non-hydrogen) atoms. The largest absolute Gasteiger partial charge is 0.506 e. The molecule has 126 valence electrons. The third kappa shape index (κ3) is 3.48. The van der Waals surface area contributed by atoms with E-state index in [1.807, 2.05) is 12.1 Å². The average molecular weight is 346 g/mol. The topological polar surface area (TPSA) is 85.8 Å². The number of carbonyl (C=O) groups excluding carboxylic acids is 2. The number of phenolic OH excluding ortho intramolecular Hbond substituents is 1. The van der Waals surface area contributed by atoms with Crippen molar-refractivity contribution in [3.05, 3.63) is 35.3 Å². The van der Waals surface area contributed by atoms with Crippen LogP contribution in [0.25, 0.3) is 0 Å². The highest BCUT2D eigenvalue weighted by Crippen LogP contribution is 2.27. The van der Waals surface area contributed by atoms with Gasteiger partial charge in [0.15, 0.2) is 5.13 Å². The number of hydrogen-bond donors (Lipinski definition) is 2. The van der Waals surface area contributed by atoms with E-state index in [0.717, 1.165) is 5.69 Å². The third-order valence-corrected chi connectivity index (χ3v) is 4.55. The lowest BCUT2D eigenvalue weighted by molar-refractivity contribution is -0.114. The molecule has 0 saturated carbocycles. The Morgan fingerprint density at radius 1 is 1.21 bits per heavy atom. The van der Waals surface area contributed by atoms with Gasteiger partial charge in [0.2, 0.25) is 5.91 Å². The highest BCUT2D eigenvalue weighted by atomic mass is 32.1. The summed E-state index contributed by atoms with van der Waals surface area (Å²) in [6, 6.07) is 7.19. The highest BCUT2D eigenvalue weighted by Gasteiger charge is 2.25. The van der Waals surface area contributed by atoms with Gasteiger partial charge in [-0.3, -0.25) is 9.59 Å². The van der Waals surface area contributed by atoms with E-state index in [2.05, 4.69) is 15.2 Å². The van der Waals surface area contributed by atoms with Crippen molar-refractivity contribution in [1.29, 1.82) is 0 Å². The van der Waals surface area contributed by atoms with Crippen LogP contribution in [0.4, 0.5) is 10.8 Å². The van der Waals surface area contributed by atoms with Crippen molar-refractivity contribution in [1.82, 2.24) is 9.88 Å². The van der Waals surface area contributed by atoms with Gasteiger partial charge in [-0.1, -0.05) is 12.1 Å². The van der Waals surface area contributed by atoms with Gasteiger partial charge in [-0.25, -0.2) is 4.98 Å². The minimum Gasteiger partial charge on any atom is -0.506 e. The number of aromatic hydroxyl groups is 1. The Hall–Kier alpha value is -2.61. The second-order valence-electron chi connectivity index (χ2n) is 5.49. The van der Waals surface area contributed by atoms with E-state index in [1.165, 1.54) is 18.3 Å². The van der Waals surface area contributed by atoms with Crippen LogP contribution < -0.4 is 10.2 Å². The normalized spacial score (nSPS) is 14.5. The first-order chi connectivity index (χ1) is 11.5. The van der Waals surface area contributed by atoms with E-state index in [0.29, 0.717) is 37.0 Å². The first-order valence-electron chi connectivity index (χ1n) is 7.60. The summed E-state index contributed by atoms with van der Waals surface area (Å²) in [7, 11) is 0. The number of para-hydroxylation sites is 2. The molecule has 1 aromatic carbocycles. The summed E-state index contributed by atoms with van der Waals surface area (Å²) in [5.74, 6) is -0.101. The summed E-state index contributed by atoms with van der Waals surface area (Å²) in [6.45, 7) is 3.81. The number of carbonyl (C=O) groups is 2. The van der Waals surface area contributed by atoms with E-state index >= 15 is 0 Å². The number of thiazole rings is 1. The SMILES string of the molecule is CC(=O)Nc1nc(C(=O)N2CCN(c3ccccc3O)CC2)cs1. The zero-order chi connectivity index (χ0) is 17.1. The molecule has 1 aliphatic heterocycles. The number of benzene rings is 1. The summed E-state index contributed by atoms with van der Waals surface area (Å²) in [5, 5.41) is 14.6. The number of nitrogens with one attached hydrogen (secondary N) is 1. The zero-order valence-electron chi connectivity index (χ0n) is 13.2. The van der Waals surface area contributed by atoms with Gasteiger partial charge in [0.1, 0.15) is 11.4 Å². The molecular weight excluding hydrogens is 328 g/mol. The molecule has 0 spiro atoms. The maximum atomic E-state index is 12.5. The second kappa shape index (κ2) is 6.88. The molecular formula is C16H18N4O3S. The van der Waals surface area contributed by atoms with Crippen LogP contribution in [0.15, 0.2) is 29.6 Å². The Morgan fingerprint density at radius 2 is 1.92 bits per heavy atom. The molecule has 1 aliphatic rings. The molecule has 0 bridgehead atoms. The number of rotatable bonds is 3. The van der Waals surface area contributed by atoms with E-state index in [1.54, 1.807) is 22.4 Å². The van der Waals surface area contributed by atoms with Crippen LogP contribution in [-0.4, -0.2) is 53.0 Å². The monoisotopic (exact) mass is 346 g/mol. The number of amides is 2. The van der Waals surface area contributed by atoms with E-state index in [-0.39, 0.29) is 17.6 Å². The molecule has 8 heteroatoms. The maximum Gasteiger partial charge on any atom is 0.273 e. The van der Waals surface area contributed by atoms with Crippen LogP contribution in [0.3, 0.4) is 0 Å². The van der Waals surface area contributed by atoms with Gasteiger partial charge in [-0.05, 0) is 12.1 Å². The van der Waals surface area contributed by atoms with Crippen LogP contribution in [0.5, 0.6) is 5.75 Å². The fraction of sp³-hybridized carbons (Fsp3) is 0.312. The van der Waals surface area contributed by atoms with Gasteiger partial charge >= 0.3 is 0 Å². The average Bonchev–Trinajstić information content (AvgIpc) is 3.02. The van der Waals surface area contributed by atoms with Crippen molar-refractivity contribution in [3.8, 4) is 5.75 Å². The Kier molecular flexibility index (Phi) is 4.66. The summed E-state index contributed by atoms with van der Waals surface area (Å²) in [4.78, 5) is 31.5. The van der Waals surface area contributed by atoms with Crippen LogP contribution in [0, 0.1) is 0 Å². The van der Waals surface area contributed by atoms with Crippen molar-refractivity contribution in [2.45, 2.75) is 6.92 Å². The third-order valence-electron chi connectivity index (χ3n) is 3.80. The first kappa shape index (κ1) is 16.3. The van der Waals surface area contributed by atoms with Crippen molar-refractivity contribution in [2.75, 3.05) is 36.4 Å². The molecule has 0 atom stereocenters. The van der Waals surface area contributed by atoms with E-state index < -0.39 is 0 Å². The van der Waals surface area contributed by atoms with Gasteiger partial charge in [-0.15, -0.1) is 11.3 Å². The number of nitrogens with zero attached hydrogens (tertiary/aromatic N) is 3. The molecule has 2 N–H and O–H groups in total. The second-order valence-corrected chi connectivity index (χ2v) is 6.35. The Bertz CT molecular complexity index is 753. The minimum absolute atomic E-state index is 0.139. The molecule has 7 nitrogen and oxygen atoms in total. The molecule has 2 heterocycles. The fourth-order valence-electron chi connectivity index (χ4n) is 2.62. The van der Waals surface area contributed by atoms with Gasteiger partial charge in [0.05, 0.1) is 5.69 Å². The lowest BCUT2D eigenvalue weighted by Gasteiger charge is -2.36. The van der Waals surface area contributed by atoms with Crippen LogP contribution in [0.1, 0.15) is 17.4 Å². The van der Waals surface area contributed by atoms with Crippen molar-refractivity contribution in [3.63, 3.8) is 0 Å². The Balaban J connectivity index is 1.62. The Labute approximate surface area is 143 Å². The summed E-state index contributed by atoms with van der Waals surface area (Å²) in [5.41, 5.74) is 1.13. The number of phenols is 1. The molecule has 1 saturated heterocycles. The standard InChI is InChI=1S/C16H18N4O3S/c1-11(21)17-16-18-12(10-24-16)15(23)20-8-6-19(7-9-20)13-4-2-3-5-14(13)22/h2-5,10,22H,6-9H2,1H3,(H,17,18,21). The number of hydrogen-bond acceptors (Lipinski definition) is 6. The van der Waals surface area contributed by atoms with Crippen LogP contribution in [-0.2, 0) is 4.79 Å². The fourth-order valence-corrected chi connectivity index (χ4v) is 3.35. The van der Waals surface area contributed by atoms with Gasteiger partial charge in [0, 0.05) is 38.5 Å². The van der Waals surface area contributed by atoms with Crippen LogP contribution in [0.2, 0.25) is 0 Å². The van der Waals surface area contributed by atoms with E-state index in [4.69, 9.17) is 0 Å². The molecule has 2 aromatic rings. The lowest BCUT2D eigenvalue weighted by atomic mass is 10.2. The van der Waals surface area contributed by atoms with E-state index in [9.17, 15) is 14.7 Å². The summed E-state index contributed by atoms with van der Waals surface area (Å²) in [6.07, 6.45) is 0. The van der Waals surface area contributed by atoms with Crippen LogP contribution >= 0.6 is 11.3 Å². The van der Waals surface area contributed by atoms with Gasteiger partial charge in [-0.2, -0.15) is 0 Å². The zero-order valence-corrected chi connectivity index (χ0v) is 14.0. The quantitative estimate of drug-likeness (QED) is 0.885. The smallest absolute Gasteiger partial charge is 0.273 e. The van der Waals surface area contributed by atoms with Crippen molar-refractivity contribution < 1.29 is 14.7 Å². The molecule has 1 aromatic heterocycles. The lowest BCUT2D eigenvalue weighted by Crippen LogP contribution is -2.48. The predicted molar refractivity (Wildman–Crippen MR) is 92.6 cm³/mol. The van der Waals surface area contributed by atoms with Crippen molar-refractivity contribution >= 4 is 34.0 Å². The highest BCUT2D eigenvalue weighted by molar-refractivity contribution is 7.14. The molecule has 0 radical (unpaired) electrons. The number of aromatic nitrogens is 1. The summed E-state index contributed by atoms with van der Waals surface area (Å²) >= 11 is 1.24. The summed E-state index contributed by atoms with van der Waals surface area (Å²) < 4.78 is 0. The molecule has 3 rings (SSSR count). The van der Waals surface area contributed by atoms with Gasteiger partial charge in [0.25, 0.3) is 5.91 Å². The number of piperazine rings is 1. The molecule has 2 amide bonds. The minimum atomic E-state index is -0.209. The maximum absolute atomic E-state index is 12.5. The predicted octanol–water partition coefficient (Wildman–Crippen LogP) is 1.77. The Morgan fingerprint density at radius 3 is 2.58 bits per heavy atom. The number of anilines is 2. The van der Waals surface area contributed by atoms with Gasteiger partial charge < -0.3 is 20.2 Å². The molecule has 0 aliphatic carbocycles. The van der Waals surface area contributed by atoms with Crippen molar-refractivity contribution in [2.24, 2.45) is 0 Å². The first-order valence-corrected chi connectivity index (χ1v) is 8.48.